The van der Waals surface area contributed by atoms with E-state index in [0.29, 0.717) is 29.3 Å². The highest BCUT2D eigenvalue weighted by molar-refractivity contribution is 9.10. The van der Waals surface area contributed by atoms with Gasteiger partial charge in [0.2, 0.25) is 0 Å². The van der Waals surface area contributed by atoms with E-state index in [9.17, 15) is 4.79 Å². The number of hydrogen-bond acceptors (Lipinski definition) is 6. The monoisotopic (exact) mass is 371 g/mol. The molecule has 8 heteroatoms. The Kier molecular flexibility index (Phi) is 5.10. The number of carbonyl (C=O) groups is 1. The zero-order valence-corrected chi connectivity index (χ0v) is 14.7. The molecule has 1 atom stereocenters. The number of amides is 1. The van der Waals surface area contributed by atoms with Gasteiger partial charge in [0.25, 0.3) is 0 Å². The number of hydrogen-bond donors (Lipinski definition) is 2. The van der Waals surface area contributed by atoms with Gasteiger partial charge in [-0.3, -0.25) is 0 Å². The molecule has 0 bridgehead atoms. The number of halogens is 1. The first kappa shape index (κ1) is 16.8. The van der Waals surface area contributed by atoms with Gasteiger partial charge >= 0.3 is 6.09 Å². The van der Waals surface area contributed by atoms with E-state index in [1.165, 1.54) is 0 Å². The van der Waals surface area contributed by atoms with Crippen LogP contribution in [0.4, 0.5) is 16.4 Å². The Labute approximate surface area is 138 Å². The molecule has 7 nitrogen and oxygen atoms in total. The van der Waals surface area contributed by atoms with Crippen molar-refractivity contribution < 1.29 is 9.53 Å². The van der Waals surface area contributed by atoms with Gasteiger partial charge < -0.3 is 20.7 Å². The Morgan fingerprint density at radius 3 is 2.95 bits per heavy atom. The second-order valence-corrected chi connectivity index (χ2v) is 7.15. The molecule has 1 aliphatic rings. The molecule has 3 N–H and O–H groups in total. The summed E-state index contributed by atoms with van der Waals surface area (Å²) in [4.78, 5) is 22.2. The Morgan fingerprint density at radius 2 is 2.27 bits per heavy atom. The van der Waals surface area contributed by atoms with Crippen LogP contribution in [0.2, 0.25) is 0 Å². The van der Waals surface area contributed by atoms with Gasteiger partial charge in [0, 0.05) is 19.1 Å². The molecule has 1 aromatic rings. The molecule has 1 fully saturated rings. The zero-order valence-electron chi connectivity index (χ0n) is 13.1. The fourth-order valence-electron chi connectivity index (χ4n) is 2.26. The maximum atomic E-state index is 12.1. The van der Waals surface area contributed by atoms with Crippen molar-refractivity contribution in [1.82, 2.24) is 14.9 Å². The standard InChI is InChI=1S/C14H22BrN5O2/c1-14(2,3)22-13(21)20-6-4-5-9(8-20)18-12-11(16)17-7-10(15)19-12/h7,9H,4-6,8H2,1-3H3,(H2,16,17)(H,18,19). The molecule has 1 aliphatic heterocycles. The molecule has 1 unspecified atom stereocenters. The van der Waals surface area contributed by atoms with Gasteiger partial charge in [0.05, 0.1) is 6.20 Å². The summed E-state index contributed by atoms with van der Waals surface area (Å²) in [6.07, 6.45) is 3.10. The van der Waals surface area contributed by atoms with Crippen molar-refractivity contribution in [3.05, 3.63) is 10.8 Å². The number of piperidine rings is 1. The van der Waals surface area contributed by atoms with Gasteiger partial charge in [-0.1, -0.05) is 0 Å². The van der Waals surface area contributed by atoms with Crippen molar-refractivity contribution in [3.63, 3.8) is 0 Å². The van der Waals surface area contributed by atoms with Crippen molar-refractivity contribution in [2.45, 2.75) is 45.3 Å². The summed E-state index contributed by atoms with van der Waals surface area (Å²) >= 11 is 3.28. The predicted molar refractivity (Wildman–Crippen MR) is 88.6 cm³/mol. The van der Waals surface area contributed by atoms with Gasteiger partial charge in [0.1, 0.15) is 10.2 Å². The van der Waals surface area contributed by atoms with E-state index >= 15 is 0 Å². The molecule has 0 aliphatic carbocycles. The molecule has 122 valence electrons. The first-order valence-corrected chi connectivity index (χ1v) is 8.06. The Hall–Kier alpha value is -1.57. The molecule has 2 rings (SSSR count). The quantitative estimate of drug-likeness (QED) is 0.829. The lowest BCUT2D eigenvalue weighted by atomic mass is 10.1. The number of nitrogen functional groups attached to an aromatic ring is 1. The van der Waals surface area contributed by atoms with Crippen LogP contribution in [0.15, 0.2) is 10.8 Å². The van der Waals surface area contributed by atoms with Crippen LogP contribution < -0.4 is 11.1 Å². The fourth-order valence-corrected chi connectivity index (χ4v) is 2.54. The third-order valence-corrected chi connectivity index (χ3v) is 3.57. The molecule has 0 aromatic carbocycles. The van der Waals surface area contributed by atoms with Crippen LogP contribution in [0.5, 0.6) is 0 Å². The third-order valence-electron chi connectivity index (χ3n) is 3.19. The highest BCUT2D eigenvalue weighted by Crippen LogP contribution is 2.21. The Balaban J connectivity index is 1.98. The van der Waals surface area contributed by atoms with Crippen molar-refractivity contribution in [2.24, 2.45) is 0 Å². The molecule has 0 radical (unpaired) electrons. The number of ether oxygens (including phenoxy) is 1. The molecular formula is C14H22BrN5O2. The van der Waals surface area contributed by atoms with Crippen LogP contribution in [0.3, 0.4) is 0 Å². The lowest BCUT2D eigenvalue weighted by Crippen LogP contribution is -2.47. The highest BCUT2D eigenvalue weighted by atomic mass is 79.9. The van der Waals surface area contributed by atoms with E-state index in [1.54, 1.807) is 11.1 Å². The average molecular weight is 372 g/mol. The van der Waals surface area contributed by atoms with Gasteiger partial charge in [-0.25, -0.2) is 14.8 Å². The minimum atomic E-state index is -0.488. The minimum absolute atomic E-state index is 0.0761. The SMILES string of the molecule is CC(C)(C)OC(=O)N1CCCC(Nc2nc(Br)cnc2N)C1. The Morgan fingerprint density at radius 1 is 1.55 bits per heavy atom. The second-order valence-electron chi connectivity index (χ2n) is 6.34. The van der Waals surface area contributed by atoms with E-state index in [-0.39, 0.29) is 12.1 Å². The van der Waals surface area contributed by atoms with Crippen molar-refractivity contribution >= 4 is 33.7 Å². The van der Waals surface area contributed by atoms with E-state index in [0.717, 1.165) is 12.8 Å². The van der Waals surface area contributed by atoms with Crippen molar-refractivity contribution in [2.75, 3.05) is 24.1 Å². The summed E-state index contributed by atoms with van der Waals surface area (Å²) in [5.74, 6) is 0.878. The molecule has 22 heavy (non-hydrogen) atoms. The molecule has 0 saturated carbocycles. The predicted octanol–water partition coefficient (Wildman–Crippen LogP) is 2.63. The van der Waals surface area contributed by atoms with E-state index in [2.05, 4.69) is 31.2 Å². The number of rotatable bonds is 2. The molecule has 1 saturated heterocycles. The molecule has 1 amide bonds. The maximum absolute atomic E-state index is 12.1. The number of likely N-dealkylation sites (tertiary alicyclic amines) is 1. The van der Waals surface area contributed by atoms with Crippen LogP contribution in [-0.4, -0.2) is 45.7 Å². The Bertz CT molecular complexity index is 547. The smallest absolute Gasteiger partial charge is 0.410 e. The first-order chi connectivity index (χ1) is 10.2. The van der Waals surface area contributed by atoms with Crippen molar-refractivity contribution in [1.29, 1.82) is 0 Å². The second kappa shape index (κ2) is 6.68. The molecule has 1 aromatic heterocycles. The first-order valence-electron chi connectivity index (χ1n) is 7.27. The lowest BCUT2D eigenvalue weighted by molar-refractivity contribution is 0.0206. The number of nitrogens with zero attached hydrogens (tertiary/aromatic N) is 3. The average Bonchev–Trinajstić information content (AvgIpc) is 2.41. The largest absolute Gasteiger partial charge is 0.444 e. The van der Waals surface area contributed by atoms with E-state index in [1.807, 2.05) is 20.8 Å². The summed E-state index contributed by atoms with van der Waals surface area (Å²) in [7, 11) is 0. The normalized spacial score (nSPS) is 18.9. The number of nitrogens with two attached hydrogens (primary N) is 1. The van der Waals surface area contributed by atoms with Crippen LogP contribution in [0.1, 0.15) is 33.6 Å². The zero-order chi connectivity index (χ0) is 16.3. The van der Waals surface area contributed by atoms with Gasteiger partial charge in [-0.05, 0) is 49.5 Å². The third kappa shape index (κ3) is 4.72. The number of carbonyl (C=O) groups excluding carboxylic acids is 1. The van der Waals surface area contributed by atoms with Crippen LogP contribution >= 0.6 is 15.9 Å². The van der Waals surface area contributed by atoms with Crippen LogP contribution in [0.25, 0.3) is 0 Å². The molecule has 0 spiro atoms. The minimum Gasteiger partial charge on any atom is -0.444 e. The maximum Gasteiger partial charge on any atom is 0.410 e. The highest BCUT2D eigenvalue weighted by Gasteiger charge is 2.28. The van der Waals surface area contributed by atoms with Crippen LogP contribution in [0, 0.1) is 0 Å². The number of nitrogens with one attached hydrogen (secondary N) is 1. The number of aromatic nitrogens is 2. The summed E-state index contributed by atoms with van der Waals surface area (Å²) in [6.45, 7) is 6.85. The topological polar surface area (TPSA) is 93.4 Å². The molecular weight excluding hydrogens is 350 g/mol. The van der Waals surface area contributed by atoms with E-state index < -0.39 is 5.60 Å². The summed E-state index contributed by atoms with van der Waals surface area (Å²) in [6, 6.07) is 0.0761. The van der Waals surface area contributed by atoms with Crippen molar-refractivity contribution in [3.8, 4) is 0 Å². The number of anilines is 2. The summed E-state index contributed by atoms with van der Waals surface area (Å²) in [5, 5.41) is 3.26. The summed E-state index contributed by atoms with van der Waals surface area (Å²) < 4.78 is 6.03. The fraction of sp³-hybridized carbons (Fsp3) is 0.643. The van der Waals surface area contributed by atoms with Crippen LogP contribution in [-0.2, 0) is 4.74 Å². The van der Waals surface area contributed by atoms with Gasteiger partial charge in [-0.2, -0.15) is 0 Å². The summed E-state index contributed by atoms with van der Waals surface area (Å²) in [5.41, 5.74) is 5.33. The van der Waals surface area contributed by atoms with E-state index in [4.69, 9.17) is 10.5 Å². The van der Waals surface area contributed by atoms with Gasteiger partial charge in [-0.15, -0.1) is 0 Å². The molecule has 2 heterocycles. The lowest BCUT2D eigenvalue weighted by Gasteiger charge is -2.34. The van der Waals surface area contributed by atoms with Gasteiger partial charge in [0.15, 0.2) is 11.6 Å².